The molecule has 7 rings (SSSR count). The van der Waals surface area contributed by atoms with Gasteiger partial charge in [0.15, 0.2) is 0 Å². The van der Waals surface area contributed by atoms with Gasteiger partial charge in [-0.25, -0.2) is 0 Å². The van der Waals surface area contributed by atoms with Crippen LogP contribution in [0.3, 0.4) is 0 Å². The molecule has 7 aromatic rings. The van der Waals surface area contributed by atoms with E-state index in [4.69, 9.17) is 0 Å². The standard InChI is InChI=1S/C37H25NO/c1-3-25-26(4-2)36(38-34-23-12-11-18-29(34)28-17-7-10-21-33(28)37(38)39)32-20-9-8-19-31(32)35(25)30-22-13-15-24-14-5-6-16-27(24)30/h3-23H,1-2H2. The fourth-order valence-corrected chi connectivity index (χ4v) is 6.11. The predicted molar refractivity (Wildman–Crippen MR) is 168 cm³/mol. The van der Waals surface area contributed by atoms with Crippen LogP contribution in [-0.4, -0.2) is 4.57 Å². The summed E-state index contributed by atoms with van der Waals surface area (Å²) in [5.41, 5.74) is 5.70. The lowest BCUT2D eigenvalue weighted by atomic mass is 9.86. The Morgan fingerprint density at radius 1 is 0.513 bits per heavy atom. The molecular weight excluding hydrogens is 474 g/mol. The summed E-state index contributed by atoms with van der Waals surface area (Å²) in [6, 6.07) is 39.1. The quantitative estimate of drug-likeness (QED) is 0.221. The monoisotopic (exact) mass is 499 g/mol. The fourth-order valence-electron chi connectivity index (χ4n) is 6.11. The van der Waals surface area contributed by atoms with Gasteiger partial charge in [0.2, 0.25) is 0 Å². The van der Waals surface area contributed by atoms with E-state index in [0.29, 0.717) is 5.39 Å². The average Bonchev–Trinajstić information content (AvgIpc) is 3.00. The van der Waals surface area contributed by atoms with E-state index in [1.165, 1.54) is 10.8 Å². The van der Waals surface area contributed by atoms with Crippen molar-refractivity contribution in [1.29, 1.82) is 0 Å². The van der Waals surface area contributed by atoms with Gasteiger partial charge in [-0.15, -0.1) is 0 Å². The number of pyridine rings is 1. The highest BCUT2D eigenvalue weighted by Crippen LogP contribution is 2.43. The van der Waals surface area contributed by atoms with Gasteiger partial charge in [0.05, 0.1) is 11.2 Å². The number of para-hydroxylation sites is 1. The van der Waals surface area contributed by atoms with Crippen molar-refractivity contribution in [3.8, 4) is 16.8 Å². The summed E-state index contributed by atoms with van der Waals surface area (Å²) in [5, 5.41) is 7.07. The SMILES string of the molecule is C=Cc1c(C=C)c(-n2c(=O)c3ccccc3c3ccccc32)c2ccccc2c1-c1cccc2ccccc12. The highest BCUT2D eigenvalue weighted by Gasteiger charge is 2.22. The molecule has 0 fully saturated rings. The number of hydrogen-bond donors (Lipinski definition) is 0. The molecule has 1 aromatic heterocycles. The van der Waals surface area contributed by atoms with E-state index in [1.807, 2.05) is 65.3 Å². The molecule has 0 aliphatic carbocycles. The van der Waals surface area contributed by atoms with Crippen LogP contribution < -0.4 is 5.56 Å². The van der Waals surface area contributed by atoms with Gasteiger partial charge in [0.1, 0.15) is 0 Å². The van der Waals surface area contributed by atoms with E-state index < -0.39 is 0 Å². The van der Waals surface area contributed by atoms with E-state index >= 15 is 0 Å². The van der Waals surface area contributed by atoms with Crippen molar-refractivity contribution in [1.82, 2.24) is 4.57 Å². The van der Waals surface area contributed by atoms with Crippen LogP contribution in [0.4, 0.5) is 0 Å². The minimum absolute atomic E-state index is 0.0505. The van der Waals surface area contributed by atoms with Crippen molar-refractivity contribution in [2.24, 2.45) is 0 Å². The van der Waals surface area contributed by atoms with Crippen molar-refractivity contribution in [2.45, 2.75) is 0 Å². The summed E-state index contributed by atoms with van der Waals surface area (Å²) in [5.74, 6) is 0. The molecule has 0 saturated heterocycles. The molecule has 0 bridgehead atoms. The van der Waals surface area contributed by atoms with Crippen molar-refractivity contribution >= 4 is 55.4 Å². The first-order valence-electron chi connectivity index (χ1n) is 13.1. The smallest absolute Gasteiger partial charge is 0.263 e. The highest BCUT2D eigenvalue weighted by atomic mass is 16.1. The molecule has 0 atom stereocenters. The minimum atomic E-state index is -0.0505. The zero-order chi connectivity index (χ0) is 26.5. The minimum Gasteiger partial charge on any atom is -0.275 e. The molecule has 0 spiro atoms. The van der Waals surface area contributed by atoms with Crippen LogP contribution in [-0.2, 0) is 0 Å². The number of nitrogens with zero attached hydrogens (tertiary/aromatic N) is 1. The van der Waals surface area contributed by atoms with Gasteiger partial charge in [-0.05, 0) is 50.4 Å². The molecule has 0 aliphatic rings. The van der Waals surface area contributed by atoms with Crippen LogP contribution in [0.1, 0.15) is 11.1 Å². The van der Waals surface area contributed by atoms with Gasteiger partial charge in [-0.1, -0.05) is 128 Å². The molecule has 1 heterocycles. The molecule has 0 N–H and O–H groups in total. The zero-order valence-corrected chi connectivity index (χ0v) is 21.4. The van der Waals surface area contributed by atoms with Crippen molar-refractivity contribution in [3.05, 3.63) is 150 Å². The van der Waals surface area contributed by atoms with Gasteiger partial charge in [0.25, 0.3) is 5.56 Å². The van der Waals surface area contributed by atoms with Crippen LogP contribution in [0.15, 0.2) is 133 Å². The maximum Gasteiger partial charge on any atom is 0.263 e. The van der Waals surface area contributed by atoms with Gasteiger partial charge in [-0.3, -0.25) is 9.36 Å². The topological polar surface area (TPSA) is 22.0 Å². The summed E-state index contributed by atoms with van der Waals surface area (Å²) in [6.07, 6.45) is 3.77. The molecule has 0 saturated carbocycles. The normalized spacial score (nSPS) is 11.4. The first-order valence-corrected chi connectivity index (χ1v) is 13.1. The Bertz CT molecular complexity index is 2180. The highest BCUT2D eigenvalue weighted by molar-refractivity contribution is 6.14. The van der Waals surface area contributed by atoms with Gasteiger partial charge in [0, 0.05) is 21.7 Å². The Balaban J connectivity index is 1.73. The van der Waals surface area contributed by atoms with E-state index in [-0.39, 0.29) is 5.56 Å². The molecule has 0 aliphatic heterocycles. The van der Waals surface area contributed by atoms with Gasteiger partial charge < -0.3 is 0 Å². The second-order valence-electron chi connectivity index (χ2n) is 9.73. The first-order chi connectivity index (χ1) is 19.2. The summed E-state index contributed by atoms with van der Waals surface area (Å²) in [7, 11) is 0. The number of fused-ring (bicyclic) bond motifs is 5. The Morgan fingerprint density at radius 2 is 1.08 bits per heavy atom. The Morgan fingerprint density at radius 3 is 1.82 bits per heavy atom. The van der Waals surface area contributed by atoms with Gasteiger partial charge >= 0.3 is 0 Å². The molecule has 2 heteroatoms. The first kappa shape index (κ1) is 22.9. The van der Waals surface area contributed by atoms with E-state index in [2.05, 4.69) is 79.9 Å². The number of hydrogen-bond acceptors (Lipinski definition) is 1. The van der Waals surface area contributed by atoms with Crippen molar-refractivity contribution in [2.75, 3.05) is 0 Å². The second-order valence-corrected chi connectivity index (χ2v) is 9.73. The van der Waals surface area contributed by atoms with Crippen molar-refractivity contribution in [3.63, 3.8) is 0 Å². The van der Waals surface area contributed by atoms with E-state index in [1.54, 1.807) is 0 Å². The zero-order valence-electron chi connectivity index (χ0n) is 21.4. The summed E-state index contributed by atoms with van der Waals surface area (Å²) < 4.78 is 1.87. The average molecular weight is 500 g/mol. The molecule has 184 valence electrons. The third-order valence-corrected chi connectivity index (χ3v) is 7.75. The Hall–Kier alpha value is -5.21. The molecule has 0 radical (unpaired) electrons. The molecule has 39 heavy (non-hydrogen) atoms. The van der Waals surface area contributed by atoms with Crippen LogP contribution >= 0.6 is 0 Å². The lowest BCUT2D eigenvalue weighted by Crippen LogP contribution is -2.21. The largest absolute Gasteiger partial charge is 0.275 e. The third kappa shape index (κ3) is 3.32. The maximum absolute atomic E-state index is 14.3. The number of aromatic nitrogens is 1. The lowest BCUT2D eigenvalue weighted by Gasteiger charge is -2.23. The lowest BCUT2D eigenvalue weighted by molar-refractivity contribution is 1.07. The Labute approximate surface area is 226 Å². The van der Waals surface area contributed by atoms with E-state index in [9.17, 15) is 4.79 Å². The van der Waals surface area contributed by atoms with Crippen molar-refractivity contribution < 1.29 is 0 Å². The summed E-state index contributed by atoms with van der Waals surface area (Å²) in [4.78, 5) is 14.3. The van der Waals surface area contributed by atoms with Crippen LogP contribution in [0, 0.1) is 0 Å². The Kier molecular flexibility index (Phi) is 5.28. The van der Waals surface area contributed by atoms with E-state index in [0.717, 1.165) is 55.0 Å². The molecule has 0 amide bonds. The molecule has 0 unspecified atom stereocenters. The summed E-state index contributed by atoms with van der Waals surface area (Å²) in [6.45, 7) is 8.49. The molecule has 2 nitrogen and oxygen atoms in total. The fraction of sp³-hybridized carbons (Fsp3) is 0. The molecular formula is C37H25NO. The second kappa shape index (κ2) is 8.97. The predicted octanol–water partition coefficient (Wildman–Crippen LogP) is 9.40. The number of rotatable bonds is 4. The van der Waals surface area contributed by atoms with Crippen LogP contribution in [0.25, 0.3) is 72.2 Å². The van der Waals surface area contributed by atoms with Gasteiger partial charge in [-0.2, -0.15) is 0 Å². The molecule has 6 aromatic carbocycles. The van der Waals surface area contributed by atoms with Crippen LogP contribution in [0.5, 0.6) is 0 Å². The summed E-state index contributed by atoms with van der Waals surface area (Å²) >= 11 is 0. The maximum atomic E-state index is 14.3. The number of benzene rings is 6. The third-order valence-electron chi connectivity index (χ3n) is 7.75. The van der Waals surface area contributed by atoms with Crippen LogP contribution in [0.2, 0.25) is 0 Å².